The summed E-state index contributed by atoms with van der Waals surface area (Å²) in [6, 6.07) is 7.13. The normalized spacial score (nSPS) is 16.4. The van der Waals surface area contributed by atoms with Crippen LogP contribution in [0, 0.1) is 12.8 Å². The molecule has 1 aromatic heterocycles. The molecule has 0 spiro atoms. The fourth-order valence-corrected chi connectivity index (χ4v) is 6.40. The molecule has 4 rings (SSSR count). The second-order valence-electron chi connectivity index (χ2n) is 10.3. The predicted molar refractivity (Wildman–Crippen MR) is 141 cm³/mol. The van der Waals surface area contributed by atoms with Crippen molar-refractivity contribution >= 4 is 27.4 Å². The molecule has 0 saturated heterocycles. The Morgan fingerprint density at radius 3 is 2.49 bits per heavy atom. The quantitative estimate of drug-likeness (QED) is 0.294. The number of esters is 1. The number of anilines is 1. The molecule has 9 heteroatoms. The number of carbonyl (C=O) groups is 2. The van der Waals surface area contributed by atoms with Crippen molar-refractivity contribution in [3.05, 3.63) is 47.4 Å². The molecule has 2 fully saturated rings. The number of rotatable bonds is 12. The largest absolute Gasteiger partial charge is 0.469 e. The van der Waals surface area contributed by atoms with Gasteiger partial charge in [0.1, 0.15) is 17.8 Å². The summed E-state index contributed by atoms with van der Waals surface area (Å²) < 4.78 is 29.9. The predicted octanol–water partition coefficient (Wildman–Crippen LogP) is 4.49. The molecule has 2 aromatic rings. The zero-order valence-corrected chi connectivity index (χ0v) is 22.6. The third-order valence-corrected chi connectivity index (χ3v) is 9.24. The molecular formula is C28H37N3O5S. The molecule has 0 atom stereocenters. The van der Waals surface area contributed by atoms with E-state index < -0.39 is 15.8 Å². The first-order chi connectivity index (χ1) is 17.8. The van der Waals surface area contributed by atoms with Crippen LogP contribution >= 0.6 is 0 Å². The summed E-state index contributed by atoms with van der Waals surface area (Å²) >= 11 is 0. The summed E-state index contributed by atoms with van der Waals surface area (Å²) in [5, 5.41) is 0. The SMILES string of the molecule is COC(=O)CCCS(=O)(=O)c1ccc(CC(=O)c2cc(N(CC3CC3)C3CCCCC3)ncn2)c(C)c1. The van der Waals surface area contributed by atoms with Crippen molar-refractivity contribution in [3.8, 4) is 0 Å². The van der Waals surface area contributed by atoms with Gasteiger partial charge in [0.25, 0.3) is 0 Å². The van der Waals surface area contributed by atoms with Crippen LogP contribution in [0.2, 0.25) is 0 Å². The molecule has 2 aliphatic carbocycles. The number of methoxy groups -OCH3 is 1. The minimum Gasteiger partial charge on any atom is -0.469 e. The zero-order valence-electron chi connectivity index (χ0n) is 21.8. The van der Waals surface area contributed by atoms with E-state index in [0.717, 1.165) is 36.3 Å². The second kappa shape index (κ2) is 12.2. The van der Waals surface area contributed by atoms with E-state index in [1.807, 2.05) is 13.0 Å². The van der Waals surface area contributed by atoms with E-state index in [4.69, 9.17) is 0 Å². The molecule has 0 aliphatic heterocycles. The van der Waals surface area contributed by atoms with Crippen LogP contribution in [-0.4, -0.2) is 55.6 Å². The van der Waals surface area contributed by atoms with Gasteiger partial charge in [-0.25, -0.2) is 18.4 Å². The van der Waals surface area contributed by atoms with Crippen molar-refractivity contribution in [1.82, 2.24) is 9.97 Å². The summed E-state index contributed by atoms with van der Waals surface area (Å²) in [5.74, 6) is 0.871. The fourth-order valence-electron chi connectivity index (χ4n) is 5.01. The van der Waals surface area contributed by atoms with Gasteiger partial charge in [-0.05, 0) is 68.2 Å². The standard InChI is InChI=1S/C28H37N3O5S/c1-20-15-24(37(34,35)14-6-9-28(33)36-2)13-12-22(20)16-26(32)25-17-27(30-19-29-25)31(18-21-10-11-21)23-7-4-3-5-8-23/h12-13,15,17,19,21,23H,3-11,14,16,18H2,1-2H3. The number of ketones is 1. The summed E-state index contributed by atoms with van der Waals surface area (Å²) in [5.41, 5.74) is 1.88. The molecule has 2 aliphatic rings. The third kappa shape index (κ3) is 7.37. The number of aromatic nitrogens is 2. The minimum atomic E-state index is -3.53. The third-order valence-electron chi connectivity index (χ3n) is 7.45. The first kappa shape index (κ1) is 27.2. The van der Waals surface area contributed by atoms with Crippen molar-refractivity contribution < 1.29 is 22.7 Å². The number of sulfone groups is 1. The van der Waals surface area contributed by atoms with Crippen molar-refractivity contribution in [3.63, 3.8) is 0 Å². The highest BCUT2D eigenvalue weighted by molar-refractivity contribution is 7.91. The highest BCUT2D eigenvalue weighted by atomic mass is 32.2. The molecule has 0 N–H and O–H groups in total. The van der Waals surface area contributed by atoms with Crippen LogP contribution in [0.5, 0.6) is 0 Å². The first-order valence-corrected chi connectivity index (χ1v) is 14.9. The molecule has 0 unspecified atom stereocenters. The number of aryl methyl sites for hydroxylation is 1. The van der Waals surface area contributed by atoms with Crippen molar-refractivity contribution in [2.24, 2.45) is 5.92 Å². The number of benzene rings is 1. The molecule has 0 radical (unpaired) electrons. The van der Waals surface area contributed by atoms with Gasteiger partial charge in [-0.15, -0.1) is 0 Å². The highest BCUT2D eigenvalue weighted by Gasteiger charge is 2.30. The number of nitrogens with zero attached hydrogens (tertiary/aromatic N) is 3. The van der Waals surface area contributed by atoms with E-state index in [1.54, 1.807) is 12.1 Å². The van der Waals surface area contributed by atoms with Crippen LogP contribution in [0.3, 0.4) is 0 Å². The average Bonchev–Trinajstić information content (AvgIpc) is 3.73. The number of hydrogen-bond donors (Lipinski definition) is 0. The molecule has 8 nitrogen and oxygen atoms in total. The van der Waals surface area contributed by atoms with Crippen molar-refractivity contribution in [2.45, 2.75) is 82.1 Å². The Morgan fingerprint density at radius 2 is 1.81 bits per heavy atom. The molecule has 1 heterocycles. The molecule has 1 aromatic carbocycles. The number of ether oxygens (including phenoxy) is 1. The maximum Gasteiger partial charge on any atom is 0.305 e. The Labute approximate surface area is 219 Å². The Bertz CT molecular complexity index is 1220. The van der Waals surface area contributed by atoms with Gasteiger partial charge < -0.3 is 9.64 Å². The van der Waals surface area contributed by atoms with Gasteiger partial charge in [0, 0.05) is 31.5 Å². The molecule has 37 heavy (non-hydrogen) atoms. The van der Waals surface area contributed by atoms with Crippen LogP contribution < -0.4 is 4.90 Å². The van der Waals surface area contributed by atoms with E-state index in [9.17, 15) is 18.0 Å². The lowest BCUT2D eigenvalue weighted by molar-refractivity contribution is -0.140. The van der Waals surface area contributed by atoms with Crippen LogP contribution in [0.25, 0.3) is 0 Å². The zero-order chi connectivity index (χ0) is 26.4. The Balaban J connectivity index is 1.44. The molecule has 0 bridgehead atoms. The molecule has 0 amide bonds. The maximum absolute atomic E-state index is 13.2. The lowest BCUT2D eigenvalue weighted by Crippen LogP contribution is -2.39. The first-order valence-electron chi connectivity index (χ1n) is 13.3. The van der Waals surface area contributed by atoms with Gasteiger partial charge in [0.15, 0.2) is 15.6 Å². The van der Waals surface area contributed by atoms with Crippen LogP contribution in [-0.2, 0) is 25.8 Å². The van der Waals surface area contributed by atoms with Gasteiger partial charge in [-0.1, -0.05) is 25.3 Å². The van der Waals surface area contributed by atoms with Crippen LogP contribution in [0.1, 0.15) is 79.4 Å². The summed E-state index contributed by atoms with van der Waals surface area (Å²) in [7, 11) is -2.25. The van der Waals surface area contributed by atoms with Crippen molar-refractivity contribution in [1.29, 1.82) is 0 Å². The number of carbonyl (C=O) groups excluding carboxylic acids is 2. The maximum atomic E-state index is 13.2. The lowest BCUT2D eigenvalue weighted by atomic mass is 9.94. The average molecular weight is 528 g/mol. The lowest BCUT2D eigenvalue weighted by Gasteiger charge is -2.35. The van der Waals surface area contributed by atoms with Gasteiger partial charge in [0.2, 0.25) is 0 Å². The Morgan fingerprint density at radius 1 is 1.05 bits per heavy atom. The second-order valence-corrected chi connectivity index (χ2v) is 12.4. The van der Waals surface area contributed by atoms with Crippen molar-refractivity contribution in [2.75, 3.05) is 24.3 Å². The van der Waals surface area contributed by atoms with Gasteiger partial charge in [-0.3, -0.25) is 9.59 Å². The van der Waals surface area contributed by atoms with Crippen LogP contribution in [0.4, 0.5) is 5.82 Å². The number of Topliss-reactive ketones (excluding diaryl/α,β-unsaturated/α-hetero) is 1. The number of hydrogen-bond acceptors (Lipinski definition) is 8. The smallest absolute Gasteiger partial charge is 0.305 e. The van der Waals surface area contributed by atoms with Crippen LogP contribution in [0.15, 0.2) is 35.5 Å². The van der Waals surface area contributed by atoms with Gasteiger partial charge in [0.05, 0.1) is 17.8 Å². The van der Waals surface area contributed by atoms with Gasteiger partial charge >= 0.3 is 5.97 Å². The molecular weight excluding hydrogens is 490 g/mol. The van der Waals surface area contributed by atoms with Gasteiger partial charge in [-0.2, -0.15) is 0 Å². The Hall–Kier alpha value is -2.81. The van der Waals surface area contributed by atoms with E-state index in [-0.39, 0.29) is 35.7 Å². The minimum absolute atomic E-state index is 0.0566. The molecule has 200 valence electrons. The summed E-state index contributed by atoms with van der Waals surface area (Å²) in [4.78, 5) is 35.9. The summed E-state index contributed by atoms with van der Waals surface area (Å²) in [6.45, 7) is 2.80. The summed E-state index contributed by atoms with van der Waals surface area (Å²) in [6.07, 6.45) is 10.5. The monoisotopic (exact) mass is 527 g/mol. The van der Waals surface area contributed by atoms with E-state index in [2.05, 4.69) is 19.6 Å². The molecule has 2 saturated carbocycles. The Kier molecular flexibility index (Phi) is 8.95. The topological polar surface area (TPSA) is 107 Å². The van der Waals surface area contributed by atoms with E-state index in [0.29, 0.717) is 17.7 Å². The van der Waals surface area contributed by atoms with E-state index >= 15 is 0 Å². The fraction of sp³-hybridized carbons (Fsp3) is 0.571. The highest BCUT2D eigenvalue weighted by Crippen LogP contribution is 2.34. The van der Waals surface area contributed by atoms with E-state index in [1.165, 1.54) is 51.6 Å².